The Balaban J connectivity index is 2.90. The van der Waals surface area contributed by atoms with Gasteiger partial charge >= 0.3 is 0 Å². The van der Waals surface area contributed by atoms with Gasteiger partial charge in [0.05, 0.1) is 7.11 Å². The van der Waals surface area contributed by atoms with Crippen LogP contribution in [0.4, 0.5) is 0 Å². The zero-order chi connectivity index (χ0) is 9.84. The SMILES string of the molecule is CON(C)C(=O)c1ccc(=O)[nH]n1. The van der Waals surface area contributed by atoms with Crippen LogP contribution in [0.25, 0.3) is 0 Å². The van der Waals surface area contributed by atoms with E-state index in [1.165, 1.54) is 26.3 Å². The fraction of sp³-hybridized carbons (Fsp3) is 0.286. The fourth-order valence-electron chi connectivity index (χ4n) is 0.708. The lowest BCUT2D eigenvalue weighted by atomic mass is 10.4. The average molecular weight is 183 g/mol. The summed E-state index contributed by atoms with van der Waals surface area (Å²) in [5, 5.41) is 6.70. The van der Waals surface area contributed by atoms with Gasteiger partial charge in [-0.15, -0.1) is 0 Å². The number of aromatic amines is 1. The van der Waals surface area contributed by atoms with Gasteiger partial charge in [0.25, 0.3) is 11.5 Å². The van der Waals surface area contributed by atoms with Crippen LogP contribution in [0.3, 0.4) is 0 Å². The number of nitrogens with zero attached hydrogens (tertiary/aromatic N) is 2. The average Bonchev–Trinajstić information content (AvgIpc) is 2.17. The smallest absolute Gasteiger partial charge is 0.274 e. The zero-order valence-electron chi connectivity index (χ0n) is 7.27. The van der Waals surface area contributed by atoms with Gasteiger partial charge in [-0.25, -0.2) is 10.2 Å². The molecule has 1 N–H and O–H groups in total. The molecule has 1 rings (SSSR count). The summed E-state index contributed by atoms with van der Waals surface area (Å²) in [6.07, 6.45) is 0. The van der Waals surface area contributed by atoms with Gasteiger partial charge in [-0.1, -0.05) is 0 Å². The van der Waals surface area contributed by atoms with Gasteiger partial charge in [0.1, 0.15) is 0 Å². The van der Waals surface area contributed by atoms with Crippen molar-refractivity contribution in [3.8, 4) is 0 Å². The number of aromatic nitrogens is 2. The molecule has 0 saturated carbocycles. The highest BCUT2D eigenvalue weighted by Crippen LogP contribution is 1.95. The number of hydrogen-bond donors (Lipinski definition) is 1. The largest absolute Gasteiger partial charge is 0.297 e. The summed E-state index contributed by atoms with van der Waals surface area (Å²) in [4.78, 5) is 26.6. The number of carbonyl (C=O) groups is 1. The number of hydroxylamine groups is 2. The molecule has 0 aromatic carbocycles. The van der Waals surface area contributed by atoms with Gasteiger partial charge in [0.2, 0.25) is 0 Å². The monoisotopic (exact) mass is 183 g/mol. The third kappa shape index (κ3) is 2.12. The van der Waals surface area contributed by atoms with Crippen LogP contribution in [-0.4, -0.2) is 35.3 Å². The maximum atomic E-state index is 11.3. The van der Waals surface area contributed by atoms with Gasteiger partial charge in [-0.3, -0.25) is 14.4 Å². The first-order chi connectivity index (χ1) is 6.15. The first-order valence-corrected chi connectivity index (χ1v) is 3.53. The minimum atomic E-state index is -0.418. The van der Waals surface area contributed by atoms with Crippen molar-refractivity contribution in [2.45, 2.75) is 0 Å². The van der Waals surface area contributed by atoms with E-state index in [1.54, 1.807) is 0 Å². The molecule has 0 bridgehead atoms. The van der Waals surface area contributed by atoms with Gasteiger partial charge in [-0.2, -0.15) is 5.10 Å². The van der Waals surface area contributed by atoms with Crippen molar-refractivity contribution >= 4 is 5.91 Å². The minimum absolute atomic E-state index is 0.129. The van der Waals surface area contributed by atoms with Crippen LogP contribution in [0.5, 0.6) is 0 Å². The summed E-state index contributed by atoms with van der Waals surface area (Å²) in [5.41, 5.74) is -0.222. The molecule has 0 unspecified atom stereocenters. The van der Waals surface area contributed by atoms with Crippen molar-refractivity contribution < 1.29 is 9.63 Å². The number of amides is 1. The molecule has 0 spiro atoms. The van der Waals surface area contributed by atoms with E-state index in [1.807, 2.05) is 0 Å². The van der Waals surface area contributed by atoms with Crippen molar-refractivity contribution in [2.75, 3.05) is 14.2 Å². The lowest BCUT2D eigenvalue weighted by molar-refractivity contribution is -0.0761. The molecule has 0 aliphatic carbocycles. The van der Waals surface area contributed by atoms with Gasteiger partial charge in [0, 0.05) is 13.1 Å². The molecule has 6 heteroatoms. The molecule has 0 atom stereocenters. The molecule has 0 saturated heterocycles. The summed E-state index contributed by atoms with van der Waals surface area (Å²) in [5.74, 6) is -0.418. The maximum absolute atomic E-state index is 11.3. The number of hydrogen-bond acceptors (Lipinski definition) is 4. The highest BCUT2D eigenvalue weighted by molar-refractivity contribution is 5.91. The molecule has 13 heavy (non-hydrogen) atoms. The van der Waals surface area contributed by atoms with E-state index in [2.05, 4.69) is 15.0 Å². The van der Waals surface area contributed by atoms with Crippen LogP contribution in [0.2, 0.25) is 0 Å². The number of carbonyl (C=O) groups excluding carboxylic acids is 1. The number of nitrogens with one attached hydrogen (secondary N) is 1. The lowest BCUT2D eigenvalue weighted by Gasteiger charge is -2.11. The Kier molecular flexibility index (Phi) is 2.76. The Morgan fingerprint density at radius 1 is 1.62 bits per heavy atom. The van der Waals surface area contributed by atoms with Crippen molar-refractivity contribution in [2.24, 2.45) is 0 Å². The molecule has 0 fully saturated rings. The Labute approximate surface area is 74.1 Å². The standard InChI is InChI=1S/C7H9N3O3/c1-10(13-2)7(12)5-3-4-6(11)9-8-5/h3-4H,1-2H3,(H,9,11). The molecule has 70 valence electrons. The summed E-state index contributed by atoms with van der Waals surface area (Å²) in [6, 6.07) is 2.56. The van der Waals surface area contributed by atoms with Crippen LogP contribution >= 0.6 is 0 Å². The van der Waals surface area contributed by atoms with E-state index in [0.29, 0.717) is 0 Å². The minimum Gasteiger partial charge on any atom is -0.274 e. The van der Waals surface area contributed by atoms with Crippen LogP contribution in [0.15, 0.2) is 16.9 Å². The van der Waals surface area contributed by atoms with E-state index in [0.717, 1.165) is 5.06 Å². The molecular weight excluding hydrogens is 174 g/mol. The molecule has 1 aromatic rings. The van der Waals surface area contributed by atoms with Crippen LogP contribution < -0.4 is 5.56 Å². The summed E-state index contributed by atoms with van der Waals surface area (Å²) in [7, 11) is 2.82. The Morgan fingerprint density at radius 2 is 2.31 bits per heavy atom. The Bertz CT molecular complexity index is 340. The molecule has 0 radical (unpaired) electrons. The Morgan fingerprint density at radius 3 is 2.77 bits per heavy atom. The van der Waals surface area contributed by atoms with Crippen LogP contribution in [-0.2, 0) is 4.84 Å². The van der Waals surface area contributed by atoms with E-state index in [4.69, 9.17) is 0 Å². The van der Waals surface area contributed by atoms with E-state index in [-0.39, 0.29) is 11.3 Å². The highest BCUT2D eigenvalue weighted by Gasteiger charge is 2.12. The Hall–Kier alpha value is -1.69. The second-order valence-corrected chi connectivity index (χ2v) is 2.29. The molecule has 0 aliphatic rings. The molecule has 1 aromatic heterocycles. The maximum Gasteiger partial charge on any atom is 0.297 e. The van der Waals surface area contributed by atoms with E-state index >= 15 is 0 Å². The topological polar surface area (TPSA) is 75.3 Å². The summed E-state index contributed by atoms with van der Waals surface area (Å²) in [6.45, 7) is 0. The zero-order valence-corrected chi connectivity index (χ0v) is 7.27. The van der Waals surface area contributed by atoms with Crippen LogP contribution in [0, 0.1) is 0 Å². The molecule has 1 heterocycles. The van der Waals surface area contributed by atoms with Gasteiger partial charge in [-0.05, 0) is 6.07 Å². The predicted octanol–water partition coefficient (Wildman–Crippen LogP) is -0.597. The molecule has 1 amide bonds. The molecular formula is C7H9N3O3. The van der Waals surface area contributed by atoms with E-state index < -0.39 is 5.91 Å². The van der Waals surface area contributed by atoms with Gasteiger partial charge < -0.3 is 0 Å². The normalized spacial score (nSPS) is 9.69. The highest BCUT2D eigenvalue weighted by atomic mass is 16.7. The van der Waals surface area contributed by atoms with Crippen molar-refractivity contribution in [3.05, 3.63) is 28.2 Å². The lowest BCUT2D eigenvalue weighted by Crippen LogP contribution is -2.27. The fourth-order valence-corrected chi connectivity index (χ4v) is 0.708. The quantitative estimate of drug-likeness (QED) is 0.621. The second kappa shape index (κ2) is 3.81. The first kappa shape index (κ1) is 9.40. The number of H-pyrrole nitrogens is 1. The second-order valence-electron chi connectivity index (χ2n) is 2.29. The molecule has 6 nitrogen and oxygen atoms in total. The first-order valence-electron chi connectivity index (χ1n) is 3.53. The van der Waals surface area contributed by atoms with Crippen molar-refractivity contribution in [3.63, 3.8) is 0 Å². The third-order valence-corrected chi connectivity index (χ3v) is 1.46. The van der Waals surface area contributed by atoms with Gasteiger partial charge in [0.15, 0.2) is 5.69 Å². The van der Waals surface area contributed by atoms with Crippen molar-refractivity contribution in [1.29, 1.82) is 0 Å². The van der Waals surface area contributed by atoms with E-state index in [9.17, 15) is 9.59 Å². The van der Waals surface area contributed by atoms with Crippen LogP contribution in [0.1, 0.15) is 10.5 Å². The predicted molar refractivity (Wildman–Crippen MR) is 44.0 cm³/mol. The molecule has 0 aliphatic heterocycles. The summed E-state index contributed by atoms with van der Waals surface area (Å²) >= 11 is 0. The van der Waals surface area contributed by atoms with Crippen molar-refractivity contribution in [1.82, 2.24) is 15.3 Å². The third-order valence-electron chi connectivity index (χ3n) is 1.46. The number of rotatable bonds is 2. The summed E-state index contributed by atoms with van der Waals surface area (Å²) < 4.78 is 0.